The second-order valence-corrected chi connectivity index (χ2v) is 5.96. The maximum absolute atomic E-state index is 11.6. The Morgan fingerprint density at radius 3 is 2.35 bits per heavy atom. The fourth-order valence-corrected chi connectivity index (χ4v) is 3.61. The van der Waals surface area contributed by atoms with Crippen LogP contribution in [0.4, 0.5) is 0 Å². The van der Waals surface area contributed by atoms with E-state index in [1.165, 1.54) is 0 Å². The molecule has 0 radical (unpaired) electrons. The highest BCUT2D eigenvalue weighted by Gasteiger charge is 2.56. The van der Waals surface area contributed by atoms with Crippen molar-refractivity contribution in [2.75, 3.05) is 0 Å². The molecule has 2 aliphatic heterocycles. The van der Waals surface area contributed by atoms with Gasteiger partial charge in [0, 0.05) is 12.1 Å². The number of rotatable bonds is 4. The highest BCUT2D eigenvalue weighted by Crippen LogP contribution is 2.47. The first kappa shape index (κ1) is 12.8. The molecule has 2 rings (SSSR count). The zero-order valence-corrected chi connectivity index (χ0v) is 10.7. The van der Waals surface area contributed by atoms with Crippen LogP contribution in [0.15, 0.2) is 0 Å². The van der Waals surface area contributed by atoms with Crippen LogP contribution in [0.2, 0.25) is 0 Å². The third-order valence-corrected chi connectivity index (χ3v) is 4.75. The maximum Gasteiger partial charge on any atom is 0.312 e. The van der Waals surface area contributed by atoms with Crippen LogP contribution in [0, 0.1) is 5.41 Å². The summed E-state index contributed by atoms with van der Waals surface area (Å²) >= 11 is 0. The quantitative estimate of drug-likeness (QED) is 0.698. The smallest absolute Gasteiger partial charge is 0.312 e. The number of carbonyl (C=O) groups is 1. The Labute approximate surface area is 102 Å². The Balaban J connectivity index is 2.25. The average Bonchev–Trinajstić information content (AvgIpc) is 2.58. The van der Waals surface area contributed by atoms with Crippen molar-refractivity contribution in [3.8, 4) is 0 Å². The SMILES string of the molecule is CCCC(C)(C(=O)O)C1(O)CC2CCC(C1)N2. The molecule has 3 unspecified atom stereocenters. The van der Waals surface area contributed by atoms with Gasteiger partial charge in [-0.15, -0.1) is 0 Å². The number of carboxylic acids is 1. The minimum absolute atomic E-state index is 0.300. The molecular weight excluding hydrogens is 218 g/mol. The van der Waals surface area contributed by atoms with Crippen LogP contribution in [-0.2, 0) is 4.79 Å². The Morgan fingerprint density at radius 2 is 1.94 bits per heavy atom. The number of hydrogen-bond donors (Lipinski definition) is 3. The van der Waals surface area contributed by atoms with E-state index >= 15 is 0 Å². The molecule has 2 fully saturated rings. The first-order valence-electron chi connectivity index (χ1n) is 6.63. The number of fused-ring (bicyclic) bond motifs is 2. The molecular formula is C13H23NO3. The number of aliphatic hydroxyl groups is 1. The molecule has 2 aliphatic rings. The normalized spacial score (nSPS) is 39.9. The van der Waals surface area contributed by atoms with Crippen molar-refractivity contribution in [2.24, 2.45) is 5.41 Å². The molecule has 2 heterocycles. The second-order valence-electron chi connectivity index (χ2n) is 5.96. The van der Waals surface area contributed by atoms with Crippen LogP contribution in [-0.4, -0.2) is 33.9 Å². The van der Waals surface area contributed by atoms with Gasteiger partial charge < -0.3 is 15.5 Å². The molecule has 0 spiro atoms. The van der Waals surface area contributed by atoms with Gasteiger partial charge in [0.05, 0.1) is 11.0 Å². The molecule has 4 nitrogen and oxygen atoms in total. The van der Waals surface area contributed by atoms with Crippen molar-refractivity contribution >= 4 is 5.97 Å². The van der Waals surface area contributed by atoms with Gasteiger partial charge in [0.15, 0.2) is 0 Å². The summed E-state index contributed by atoms with van der Waals surface area (Å²) in [5.74, 6) is -0.858. The Hall–Kier alpha value is -0.610. The maximum atomic E-state index is 11.6. The van der Waals surface area contributed by atoms with Gasteiger partial charge in [-0.3, -0.25) is 4.79 Å². The molecule has 0 saturated carbocycles. The minimum atomic E-state index is -1.05. The molecule has 3 atom stereocenters. The van der Waals surface area contributed by atoms with E-state index in [2.05, 4.69) is 5.32 Å². The van der Waals surface area contributed by atoms with Gasteiger partial charge in [-0.25, -0.2) is 0 Å². The molecule has 0 aromatic carbocycles. The van der Waals surface area contributed by atoms with Gasteiger partial charge in [0.1, 0.15) is 0 Å². The van der Waals surface area contributed by atoms with Gasteiger partial charge in [-0.05, 0) is 39.0 Å². The Morgan fingerprint density at radius 1 is 1.41 bits per heavy atom. The van der Waals surface area contributed by atoms with Crippen LogP contribution in [0.1, 0.15) is 52.4 Å². The lowest BCUT2D eigenvalue weighted by molar-refractivity contribution is -0.174. The van der Waals surface area contributed by atoms with E-state index < -0.39 is 17.0 Å². The van der Waals surface area contributed by atoms with E-state index in [-0.39, 0.29) is 0 Å². The highest BCUT2D eigenvalue weighted by atomic mass is 16.4. The summed E-state index contributed by atoms with van der Waals surface area (Å²) in [5, 5.41) is 23.8. The summed E-state index contributed by atoms with van der Waals surface area (Å²) in [6.07, 6.45) is 4.61. The Kier molecular flexibility index (Phi) is 3.21. The fraction of sp³-hybridized carbons (Fsp3) is 0.923. The lowest BCUT2D eigenvalue weighted by atomic mass is 9.64. The standard InChI is InChI=1S/C13H23NO3/c1-3-6-12(2,11(15)16)13(17)7-9-4-5-10(8-13)14-9/h9-10,14,17H,3-8H2,1-2H3,(H,15,16). The predicted molar refractivity (Wildman–Crippen MR) is 64.8 cm³/mol. The average molecular weight is 241 g/mol. The first-order valence-corrected chi connectivity index (χ1v) is 6.63. The topological polar surface area (TPSA) is 69.6 Å². The zero-order valence-electron chi connectivity index (χ0n) is 10.7. The lowest BCUT2D eigenvalue weighted by Crippen LogP contribution is -2.59. The summed E-state index contributed by atoms with van der Waals surface area (Å²) in [6, 6.07) is 0.601. The number of aliphatic carboxylic acids is 1. The molecule has 0 aliphatic carbocycles. The van der Waals surface area contributed by atoms with Gasteiger partial charge in [-0.2, -0.15) is 0 Å². The number of hydrogen-bond acceptors (Lipinski definition) is 3. The molecule has 4 heteroatoms. The lowest BCUT2D eigenvalue weighted by Gasteiger charge is -2.47. The van der Waals surface area contributed by atoms with E-state index in [1.54, 1.807) is 6.92 Å². The highest BCUT2D eigenvalue weighted by molar-refractivity contribution is 5.76. The minimum Gasteiger partial charge on any atom is -0.481 e. The molecule has 17 heavy (non-hydrogen) atoms. The van der Waals surface area contributed by atoms with Gasteiger partial charge in [0.2, 0.25) is 0 Å². The summed E-state index contributed by atoms with van der Waals surface area (Å²) in [6.45, 7) is 3.68. The predicted octanol–water partition coefficient (Wildman–Crippen LogP) is 1.52. The number of nitrogens with one attached hydrogen (secondary N) is 1. The van der Waals surface area contributed by atoms with Crippen LogP contribution in [0.5, 0.6) is 0 Å². The van der Waals surface area contributed by atoms with Crippen LogP contribution in [0.3, 0.4) is 0 Å². The molecule has 0 aromatic rings. The second kappa shape index (κ2) is 4.25. The summed E-state index contributed by atoms with van der Waals surface area (Å²) < 4.78 is 0. The number of piperidine rings is 1. The molecule has 98 valence electrons. The van der Waals surface area contributed by atoms with Gasteiger partial charge >= 0.3 is 5.97 Å². The molecule has 0 aromatic heterocycles. The van der Waals surface area contributed by atoms with E-state index in [9.17, 15) is 15.0 Å². The van der Waals surface area contributed by atoms with Crippen molar-refractivity contribution < 1.29 is 15.0 Å². The Bertz CT molecular complexity index is 306. The molecule has 3 N–H and O–H groups in total. The fourth-order valence-electron chi connectivity index (χ4n) is 3.61. The molecule has 2 bridgehead atoms. The van der Waals surface area contributed by atoms with E-state index in [0.717, 1.165) is 19.3 Å². The van der Waals surface area contributed by atoms with Crippen molar-refractivity contribution in [1.29, 1.82) is 0 Å². The third kappa shape index (κ3) is 1.97. The molecule has 2 saturated heterocycles. The van der Waals surface area contributed by atoms with Crippen LogP contribution >= 0.6 is 0 Å². The van der Waals surface area contributed by atoms with Crippen molar-refractivity contribution in [2.45, 2.75) is 70.1 Å². The van der Waals surface area contributed by atoms with Gasteiger partial charge in [0.25, 0.3) is 0 Å². The third-order valence-electron chi connectivity index (χ3n) is 4.75. The number of carboxylic acid groups (broad SMARTS) is 1. The van der Waals surface area contributed by atoms with Crippen molar-refractivity contribution in [1.82, 2.24) is 5.32 Å². The first-order chi connectivity index (χ1) is 7.91. The van der Waals surface area contributed by atoms with Crippen LogP contribution < -0.4 is 5.32 Å². The summed E-state index contributed by atoms with van der Waals surface area (Å²) in [4.78, 5) is 11.6. The van der Waals surface area contributed by atoms with Crippen molar-refractivity contribution in [3.63, 3.8) is 0 Å². The monoisotopic (exact) mass is 241 g/mol. The van der Waals surface area contributed by atoms with E-state index in [0.29, 0.717) is 31.3 Å². The van der Waals surface area contributed by atoms with E-state index in [4.69, 9.17) is 0 Å². The van der Waals surface area contributed by atoms with E-state index in [1.807, 2.05) is 6.92 Å². The summed E-state index contributed by atoms with van der Waals surface area (Å²) in [7, 11) is 0. The van der Waals surface area contributed by atoms with Crippen molar-refractivity contribution in [3.05, 3.63) is 0 Å². The summed E-state index contributed by atoms with van der Waals surface area (Å²) in [5.41, 5.74) is -2.06. The molecule has 0 amide bonds. The largest absolute Gasteiger partial charge is 0.481 e. The van der Waals surface area contributed by atoms with Gasteiger partial charge in [-0.1, -0.05) is 13.3 Å². The van der Waals surface area contributed by atoms with Crippen LogP contribution in [0.25, 0.3) is 0 Å². The zero-order chi connectivity index (χ0) is 12.7.